The van der Waals surface area contributed by atoms with E-state index in [0.717, 1.165) is 19.4 Å². The van der Waals surface area contributed by atoms with E-state index in [0.29, 0.717) is 17.7 Å². The molecule has 0 bridgehead atoms. The lowest BCUT2D eigenvalue weighted by Crippen LogP contribution is -2.51. The number of carbonyl (C=O) groups excluding carboxylic acids is 1. The van der Waals surface area contributed by atoms with Crippen LogP contribution >= 0.6 is 0 Å². The minimum atomic E-state index is -0.451. The highest BCUT2D eigenvalue weighted by atomic mass is 16.6. The van der Waals surface area contributed by atoms with Gasteiger partial charge in [-0.15, -0.1) is 0 Å². The second kappa shape index (κ2) is 5.58. The number of hydrogen-bond donors (Lipinski definition) is 1. The van der Waals surface area contributed by atoms with Gasteiger partial charge in [-0.05, 0) is 38.8 Å². The van der Waals surface area contributed by atoms with Crippen LogP contribution < -0.4 is 5.32 Å². The van der Waals surface area contributed by atoms with Gasteiger partial charge in [0.15, 0.2) is 0 Å². The number of aryl methyl sites for hydroxylation is 1. The molecule has 1 atom stereocenters. The molecule has 0 radical (unpaired) electrons. The lowest BCUT2D eigenvalue weighted by Gasteiger charge is -2.34. The Morgan fingerprint density at radius 2 is 2.25 bits per heavy atom. The fraction of sp³-hybridized carbons (Fsp3) is 0.500. The summed E-state index contributed by atoms with van der Waals surface area (Å²) in [5.41, 5.74) is 0.562. The fourth-order valence-corrected chi connectivity index (χ4v) is 2.38. The molecule has 6 nitrogen and oxygen atoms in total. The predicted octanol–water partition coefficient (Wildman–Crippen LogP) is 2.20. The molecule has 1 heterocycles. The van der Waals surface area contributed by atoms with E-state index in [-0.39, 0.29) is 17.1 Å². The second-order valence-electron chi connectivity index (χ2n) is 5.43. The van der Waals surface area contributed by atoms with Crippen molar-refractivity contribution in [2.24, 2.45) is 0 Å². The molecular formula is C14H18N2O4. The molecule has 0 aliphatic carbocycles. The summed E-state index contributed by atoms with van der Waals surface area (Å²) in [5.74, 6) is -0.226. The fourth-order valence-electron chi connectivity index (χ4n) is 2.38. The number of rotatable bonds is 3. The third-order valence-corrected chi connectivity index (χ3v) is 3.51. The standard InChI is InChI=1S/C14H18N2O4/c1-10-8-11(4-5-12(10)16(18)19)13(17)15-14(2)6-3-7-20-9-14/h4-5,8H,3,6-7,9H2,1-2H3,(H,15,17)/t14-/m0/s1. The van der Waals surface area contributed by atoms with Crippen molar-refractivity contribution >= 4 is 11.6 Å². The predicted molar refractivity (Wildman–Crippen MR) is 73.8 cm³/mol. The number of nitro groups is 1. The molecule has 1 aliphatic rings. The Hall–Kier alpha value is -1.95. The first-order valence-corrected chi connectivity index (χ1v) is 6.57. The second-order valence-corrected chi connectivity index (χ2v) is 5.43. The van der Waals surface area contributed by atoms with Gasteiger partial charge < -0.3 is 10.1 Å². The largest absolute Gasteiger partial charge is 0.379 e. The van der Waals surface area contributed by atoms with E-state index in [2.05, 4.69) is 5.32 Å². The molecule has 1 N–H and O–H groups in total. The number of benzene rings is 1. The first kappa shape index (κ1) is 14.5. The average molecular weight is 278 g/mol. The molecule has 1 aliphatic heterocycles. The van der Waals surface area contributed by atoms with E-state index in [4.69, 9.17) is 4.74 Å². The van der Waals surface area contributed by atoms with Gasteiger partial charge in [0.2, 0.25) is 0 Å². The Labute approximate surface area is 117 Å². The minimum Gasteiger partial charge on any atom is -0.379 e. The van der Waals surface area contributed by atoms with Crippen molar-refractivity contribution in [1.82, 2.24) is 5.32 Å². The topological polar surface area (TPSA) is 81.5 Å². The van der Waals surface area contributed by atoms with Crippen molar-refractivity contribution in [3.8, 4) is 0 Å². The maximum Gasteiger partial charge on any atom is 0.272 e. The molecule has 6 heteroatoms. The molecular weight excluding hydrogens is 260 g/mol. The Morgan fingerprint density at radius 1 is 1.50 bits per heavy atom. The summed E-state index contributed by atoms with van der Waals surface area (Å²) in [6.45, 7) is 4.79. The van der Waals surface area contributed by atoms with Gasteiger partial charge in [0.1, 0.15) is 0 Å². The van der Waals surface area contributed by atoms with Gasteiger partial charge in [-0.1, -0.05) is 0 Å². The molecule has 0 aromatic heterocycles. The summed E-state index contributed by atoms with van der Waals surface area (Å²) < 4.78 is 5.39. The van der Waals surface area contributed by atoms with Crippen LogP contribution in [0.25, 0.3) is 0 Å². The van der Waals surface area contributed by atoms with Crippen LogP contribution in [0.5, 0.6) is 0 Å². The van der Waals surface area contributed by atoms with Crippen LogP contribution in [0.15, 0.2) is 18.2 Å². The van der Waals surface area contributed by atoms with Crippen molar-refractivity contribution in [1.29, 1.82) is 0 Å². The van der Waals surface area contributed by atoms with Crippen LogP contribution in [0.2, 0.25) is 0 Å². The van der Waals surface area contributed by atoms with Gasteiger partial charge in [0.25, 0.3) is 11.6 Å². The van der Waals surface area contributed by atoms with Gasteiger partial charge in [0, 0.05) is 23.8 Å². The van der Waals surface area contributed by atoms with Crippen LogP contribution in [0.1, 0.15) is 35.7 Å². The van der Waals surface area contributed by atoms with E-state index in [9.17, 15) is 14.9 Å². The van der Waals surface area contributed by atoms with Crippen LogP contribution in [-0.2, 0) is 4.74 Å². The van der Waals surface area contributed by atoms with Crippen LogP contribution in [0.4, 0.5) is 5.69 Å². The highest BCUT2D eigenvalue weighted by molar-refractivity contribution is 5.95. The molecule has 1 aromatic rings. The van der Waals surface area contributed by atoms with Gasteiger partial charge in [-0.2, -0.15) is 0 Å². The Kier molecular flexibility index (Phi) is 4.04. The van der Waals surface area contributed by atoms with E-state index in [1.165, 1.54) is 12.1 Å². The van der Waals surface area contributed by atoms with Crippen LogP contribution in [0.3, 0.4) is 0 Å². The van der Waals surface area contributed by atoms with Crippen molar-refractivity contribution in [2.75, 3.05) is 13.2 Å². The van der Waals surface area contributed by atoms with E-state index < -0.39 is 4.92 Å². The first-order chi connectivity index (χ1) is 9.41. The molecule has 1 saturated heterocycles. The highest BCUT2D eigenvalue weighted by Crippen LogP contribution is 2.21. The number of carbonyl (C=O) groups is 1. The van der Waals surface area contributed by atoms with Gasteiger partial charge in [-0.25, -0.2) is 0 Å². The number of nitrogens with one attached hydrogen (secondary N) is 1. The number of nitrogens with zero attached hydrogens (tertiary/aromatic N) is 1. The molecule has 2 rings (SSSR count). The van der Waals surface area contributed by atoms with Crippen molar-refractivity contribution in [3.05, 3.63) is 39.4 Å². The third-order valence-electron chi connectivity index (χ3n) is 3.51. The zero-order valence-electron chi connectivity index (χ0n) is 11.6. The first-order valence-electron chi connectivity index (χ1n) is 6.57. The molecule has 0 unspecified atom stereocenters. The molecule has 1 aromatic carbocycles. The number of ether oxygens (including phenoxy) is 1. The third kappa shape index (κ3) is 3.14. The van der Waals surface area contributed by atoms with E-state index in [1.54, 1.807) is 13.0 Å². The lowest BCUT2D eigenvalue weighted by atomic mass is 9.94. The van der Waals surface area contributed by atoms with E-state index >= 15 is 0 Å². The van der Waals surface area contributed by atoms with Crippen molar-refractivity contribution < 1.29 is 14.5 Å². The summed E-state index contributed by atoms with van der Waals surface area (Å²) in [6, 6.07) is 4.39. The SMILES string of the molecule is Cc1cc(C(=O)N[C@@]2(C)CCCOC2)ccc1[N+](=O)[O-]. The minimum absolute atomic E-state index is 0.0220. The van der Waals surface area contributed by atoms with Gasteiger partial charge >= 0.3 is 0 Å². The average Bonchev–Trinajstić information content (AvgIpc) is 2.38. The lowest BCUT2D eigenvalue weighted by molar-refractivity contribution is -0.385. The summed E-state index contributed by atoms with van der Waals surface area (Å²) in [5, 5.41) is 13.7. The van der Waals surface area contributed by atoms with Crippen LogP contribution in [-0.4, -0.2) is 29.6 Å². The Balaban J connectivity index is 2.13. The Bertz CT molecular complexity index is 536. The van der Waals surface area contributed by atoms with Crippen molar-refractivity contribution in [3.63, 3.8) is 0 Å². The van der Waals surface area contributed by atoms with Crippen molar-refractivity contribution in [2.45, 2.75) is 32.2 Å². The van der Waals surface area contributed by atoms with Gasteiger partial charge in [-0.3, -0.25) is 14.9 Å². The number of nitro benzene ring substituents is 1. The summed E-state index contributed by atoms with van der Waals surface area (Å²) in [6.07, 6.45) is 1.78. The monoisotopic (exact) mass is 278 g/mol. The summed E-state index contributed by atoms with van der Waals surface area (Å²) in [7, 11) is 0. The quantitative estimate of drug-likeness (QED) is 0.679. The molecule has 20 heavy (non-hydrogen) atoms. The normalized spacial score (nSPS) is 22.3. The molecule has 108 valence electrons. The molecule has 0 spiro atoms. The zero-order valence-corrected chi connectivity index (χ0v) is 11.6. The van der Waals surface area contributed by atoms with E-state index in [1.807, 2.05) is 6.92 Å². The smallest absolute Gasteiger partial charge is 0.272 e. The zero-order chi connectivity index (χ0) is 14.8. The molecule has 1 fully saturated rings. The maximum atomic E-state index is 12.2. The van der Waals surface area contributed by atoms with Crippen LogP contribution in [0, 0.1) is 17.0 Å². The highest BCUT2D eigenvalue weighted by Gasteiger charge is 2.29. The maximum absolute atomic E-state index is 12.2. The number of hydrogen-bond acceptors (Lipinski definition) is 4. The summed E-state index contributed by atoms with van der Waals surface area (Å²) in [4.78, 5) is 22.5. The van der Waals surface area contributed by atoms with Gasteiger partial charge in [0.05, 0.1) is 17.1 Å². The molecule has 0 saturated carbocycles. The molecule has 1 amide bonds. The summed E-state index contributed by atoms with van der Waals surface area (Å²) >= 11 is 0. The number of amides is 1. The Morgan fingerprint density at radius 3 is 2.80 bits per heavy atom.